The van der Waals surface area contributed by atoms with Crippen LogP contribution in [0.2, 0.25) is 5.04 Å². The highest BCUT2D eigenvalue weighted by Crippen LogP contribution is 2.37. The van der Waals surface area contributed by atoms with Crippen LogP contribution in [0.5, 0.6) is 0 Å². The SMILES string of the molecule is CC(C)(C)[Si](OC[C@@H]1CN(C(=O)O)CC(CCCNCc2ccccc2)O1)(c1ccccc1)c1ccccc1. The fourth-order valence-electron chi connectivity index (χ4n) is 5.59. The molecule has 1 aliphatic rings. The number of nitrogens with zero attached hydrogens (tertiary/aromatic N) is 1. The van der Waals surface area contributed by atoms with Crippen molar-refractivity contribution in [2.24, 2.45) is 0 Å². The van der Waals surface area contributed by atoms with E-state index in [1.54, 1.807) is 0 Å². The summed E-state index contributed by atoms with van der Waals surface area (Å²) in [5, 5.41) is 15.6. The number of hydrogen-bond acceptors (Lipinski definition) is 4. The molecule has 3 aromatic carbocycles. The Labute approximate surface area is 234 Å². The molecule has 1 unspecified atom stereocenters. The number of hydrogen-bond donors (Lipinski definition) is 2. The van der Waals surface area contributed by atoms with Crippen molar-refractivity contribution in [1.82, 2.24) is 10.2 Å². The zero-order chi connectivity index (χ0) is 27.7. The molecule has 1 heterocycles. The van der Waals surface area contributed by atoms with Crippen LogP contribution in [-0.2, 0) is 15.7 Å². The maximum atomic E-state index is 12.0. The molecule has 1 saturated heterocycles. The quantitative estimate of drug-likeness (QED) is 0.265. The molecule has 1 aliphatic heterocycles. The fourth-order valence-corrected chi connectivity index (χ4v) is 10.2. The highest BCUT2D eigenvalue weighted by Gasteiger charge is 2.50. The van der Waals surface area contributed by atoms with Crippen molar-refractivity contribution in [1.29, 1.82) is 0 Å². The minimum absolute atomic E-state index is 0.152. The van der Waals surface area contributed by atoms with Crippen LogP contribution < -0.4 is 15.7 Å². The van der Waals surface area contributed by atoms with Gasteiger partial charge in [-0.1, -0.05) is 112 Å². The number of carbonyl (C=O) groups is 1. The second kappa shape index (κ2) is 13.4. The summed E-state index contributed by atoms with van der Waals surface area (Å²) < 4.78 is 13.5. The average molecular weight is 547 g/mol. The van der Waals surface area contributed by atoms with Crippen molar-refractivity contribution >= 4 is 24.8 Å². The largest absolute Gasteiger partial charge is 0.465 e. The van der Waals surface area contributed by atoms with Gasteiger partial charge in [-0.25, -0.2) is 4.79 Å². The normalized spacial score (nSPS) is 18.2. The molecule has 0 aliphatic carbocycles. The number of amides is 1. The van der Waals surface area contributed by atoms with E-state index in [1.165, 1.54) is 20.8 Å². The van der Waals surface area contributed by atoms with Crippen molar-refractivity contribution in [3.8, 4) is 0 Å². The molecular formula is C32H42N2O4Si. The standard InChI is InChI=1S/C32H42N2O4Si/c1-32(2,3)39(29-17-9-5-10-18-29,30-19-11-6-12-20-30)37-25-28-24-34(31(35)36)23-27(38-28)16-13-21-33-22-26-14-7-4-8-15-26/h4-12,14-15,17-20,27-28,33H,13,16,21-25H2,1-3H3,(H,35,36)/t27?,28-/m0/s1. The van der Waals surface area contributed by atoms with Gasteiger partial charge in [-0.3, -0.25) is 0 Å². The Morgan fingerprint density at radius 1 is 0.923 bits per heavy atom. The average Bonchev–Trinajstić information content (AvgIpc) is 2.94. The molecule has 2 atom stereocenters. The van der Waals surface area contributed by atoms with E-state index < -0.39 is 14.4 Å². The highest BCUT2D eigenvalue weighted by molar-refractivity contribution is 6.99. The minimum Gasteiger partial charge on any atom is -0.465 e. The zero-order valence-electron chi connectivity index (χ0n) is 23.4. The zero-order valence-corrected chi connectivity index (χ0v) is 24.4. The number of benzene rings is 3. The van der Waals surface area contributed by atoms with E-state index in [2.05, 4.69) is 86.8 Å². The number of ether oxygens (including phenoxy) is 1. The van der Waals surface area contributed by atoms with E-state index in [9.17, 15) is 9.90 Å². The summed E-state index contributed by atoms with van der Waals surface area (Å²) in [6.45, 7) is 9.47. The van der Waals surface area contributed by atoms with Crippen molar-refractivity contribution in [3.63, 3.8) is 0 Å². The summed E-state index contributed by atoms with van der Waals surface area (Å²) in [6.07, 6.45) is 0.329. The Morgan fingerprint density at radius 3 is 2.00 bits per heavy atom. The van der Waals surface area contributed by atoms with Gasteiger partial charge in [0.25, 0.3) is 8.32 Å². The third-order valence-electron chi connectivity index (χ3n) is 7.46. The van der Waals surface area contributed by atoms with Crippen molar-refractivity contribution in [2.75, 3.05) is 26.2 Å². The summed E-state index contributed by atoms with van der Waals surface area (Å²) in [6, 6.07) is 31.3. The lowest BCUT2D eigenvalue weighted by Crippen LogP contribution is -2.67. The van der Waals surface area contributed by atoms with Crippen LogP contribution in [0.4, 0.5) is 4.79 Å². The van der Waals surface area contributed by atoms with E-state index in [0.717, 1.165) is 25.9 Å². The summed E-state index contributed by atoms with van der Waals surface area (Å²) in [7, 11) is -2.73. The molecule has 1 amide bonds. The Hall–Kier alpha value is -2.97. The lowest BCUT2D eigenvalue weighted by atomic mass is 10.1. The first kappa shape index (κ1) is 29.0. The molecule has 2 N–H and O–H groups in total. The Bertz CT molecular complexity index is 1120. The summed E-state index contributed by atoms with van der Waals surface area (Å²) in [5.41, 5.74) is 1.25. The topological polar surface area (TPSA) is 71.0 Å². The van der Waals surface area contributed by atoms with Crippen molar-refractivity contribution in [2.45, 2.75) is 57.4 Å². The van der Waals surface area contributed by atoms with E-state index >= 15 is 0 Å². The molecule has 0 aromatic heterocycles. The van der Waals surface area contributed by atoms with Gasteiger partial charge in [-0.15, -0.1) is 0 Å². The predicted octanol–water partition coefficient (Wildman–Crippen LogP) is 4.88. The molecule has 1 fully saturated rings. The molecule has 7 heteroatoms. The predicted molar refractivity (Wildman–Crippen MR) is 159 cm³/mol. The van der Waals surface area contributed by atoms with Crippen LogP contribution in [0.15, 0.2) is 91.0 Å². The van der Waals surface area contributed by atoms with Gasteiger partial charge in [0.2, 0.25) is 0 Å². The molecular weight excluding hydrogens is 504 g/mol. The van der Waals surface area contributed by atoms with Gasteiger partial charge in [-0.05, 0) is 40.4 Å². The second-order valence-corrected chi connectivity index (χ2v) is 15.7. The number of carboxylic acid groups (broad SMARTS) is 1. The fraction of sp³-hybridized carbons (Fsp3) is 0.406. The Balaban J connectivity index is 1.45. The van der Waals surface area contributed by atoms with E-state index in [1.807, 2.05) is 30.3 Å². The minimum atomic E-state index is -2.73. The third kappa shape index (κ3) is 7.36. The first-order chi connectivity index (χ1) is 18.8. The summed E-state index contributed by atoms with van der Waals surface area (Å²) >= 11 is 0. The van der Waals surface area contributed by atoms with Crippen LogP contribution in [0.25, 0.3) is 0 Å². The molecule has 3 aromatic rings. The van der Waals surface area contributed by atoms with Gasteiger partial charge in [0.05, 0.1) is 31.9 Å². The third-order valence-corrected chi connectivity index (χ3v) is 12.5. The Kier molecular flexibility index (Phi) is 9.97. The molecule has 0 spiro atoms. The van der Waals surface area contributed by atoms with Gasteiger partial charge in [-0.2, -0.15) is 0 Å². The molecule has 0 bridgehead atoms. The van der Waals surface area contributed by atoms with E-state index in [4.69, 9.17) is 9.16 Å². The van der Waals surface area contributed by atoms with E-state index in [-0.39, 0.29) is 17.2 Å². The number of rotatable bonds is 11. The maximum absolute atomic E-state index is 12.0. The van der Waals surface area contributed by atoms with Gasteiger partial charge < -0.3 is 24.5 Å². The lowest BCUT2D eigenvalue weighted by Gasteiger charge is -2.45. The van der Waals surface area contributed by atoms with Gasteiger partial charge in [0.15, 0.2) is 0 Å². The summed E-state index contributed by atoms with van der Waals surface area (Å²) in [4.78, 5) is 13.5. The second-order valence-electron chi connectivity index (χ2n) is 11.3. The van der Waals surface area contributed by atoms with Crippen molar-refractivity contribution in [3.05, 3.63) is 96.6 Å². The molecule has 4 rings (SSSR count). The van der Waals surface area contributed by atoms with Gasteiger partial charge >= 0.3 is 6.09 Å². The summed E-state index contributed by atoms with van der Waals surface area (Å²) in [5.74, 6) is 0. The molecule has 0 radical (unpaired) electrons. The van der Waals surface area contributed by atoms with Crippen LogP contribution in [0.1, 0.15) is 39.2 Å². The first-order valence-corrected chi connectivity index (χ1v) is 15.8. The van der Waals surface area contributed by atoms with Crippen LogP contribution in [0.3, 0.4) is 0 Å². The number of morpholine rings is 1. The molecule has 208 valence electrons. The Morgan fingerprint density at radius 2 is 1.46 bits per heavy atom. The van der Waals surface area contributed by atoms with Gasteiger partial charge in [0, 0.05) is 6.54 Å². The maximum Gasteiger partial charge on any atom is 0.407 e. The van der Waals surface area contributed by atoms with Crippen LogP contribution in [-0.4, -0.2) is 62.9 Å². The molecule has 39 heavy (non-hydrogen) atoms. The van der Waals surface area contributed by atoms with Gasteiger partial charge in [0.1, 0.15) is 0 Å². The smallest absolute Gasteiger partial charge is 0.407 e. The molecule has 6 nitrogen and oxygen atoms in total. The molecule has 0 saturated carbocycles. The lowest BCUT2D eigenvalue weighted by molar-refractivity contribution is -0.0955. The van der Waals surface area contributed by atoms with E-state index in [0.29, 0.717) is 19.7 Å². The van der Waals surface area contributed by atoms with Crippen molar-refractivity contribution < 1.29 is 19.1 Å². The first-order valence-electron chi connectivity index (χ1n) is 13.9. The van der Waals surface area contributed by atoms with Crippen LogP contribution >= 0.6 is 0 Å². The van der Waals surface area contributed by atoms with Crippen LogP contribution in [0, 0.1) is 0 Å². The highest BCUT2D eigenvalue weighted by atomic mass is 28.4. The number of nitrogens with one attached hydrogen (secondary N) is 1. The monoisotopic (exact) mass is 546 g/mol.